The zero-order chi connectivity index (χ0) is 21.9. The molecular weight excluding hydrogens is 398 g/mol. The summed E-state index contributed by atoms with van der Waals surface area (Å²) < 4.78 is 7.99. The fraction of sp³-hybridized carbons (Fsp3) is 0.259. The first kappa shape index (κ1) is 20.3. The number of nitrogens with zero attached hydrogens (tertiary/aromatic N) is 3. The van der Waals surface area contributed by atoms with Gasteiger partial charge in [0.1, 0.15) is 18.0 Å². The van der Waals surface area contributed by atoms with Gasteiger partial charge in [-0.3, -0.25) is 4.79 Å². The first-order chi connectivity index (χ1) is 15.7. The van der Waals surface area contributed by atoms with E-state index in [1.165, 1.54) is 11.1 Å². The number of rotatable bonds is 6. The quantitative estimate of drug-likeness (QED) is 0.433. The minimum absolute atomic E-state index is 0.0806. The van der Waals surface area contributed by atoms with Gasteiger partial charge in [0.2, 0.25) is 0 Å². The summed E-state index contributed by atoms with van der Waals surface area (Å²) in [5.74, 6) is 0.764. The predicted molar refractivity (Wildman–Crippen MR) is 125 cm³/mol. The lowest BCUT2D eigenvalue weighted by molar-refractivity contribution is 0.0736. The number of ether oxygens (including phenoxy) is 1. The van der Waals surface area contributed by atoms with Crippen molar-refractivity contribution in [1.29, 1.82) is 0 Å². The highest BCUT2D eigenvalue weighted by Gasteiger charge is 2.29. The average molecular weight is 426 g/mol. The van der Waals surface area contributed by atoms with Crippen molar-refractivity contribution < 1.29 is 9.53 Å². The third-order valence-electron chi connectivity index (χ3n) is 6.07. The van der Waals surface area contributed by atoms with Crippen LogP contribution in [0.15, 0.2) is 79.1 Å². The summed E-state index contributed by atoms with van der Waals surface area (Å²) >= 11 is 0. The highest BCUT2D eigenvalue weighted by atomic mass is 16.5. The summed E-state index contributed by atoms with van der Waals surface area (Å²) in [5, 5.41) is 0. The van der Waals surface area contributed by atoms with Gasteiger partial charge in [0.25, 0.3) is 5.91 Å². The van der Waals surface area contributed by atoms with Crippen LogP contribution in [0.4, 0.5) is 0 Å². The minimum Gasteiger partial charge on any atom is -0.487 e. The van der Waals surface area contributed by atoms with Crippen molar-refractivity contribution in [2.75, 3.05) is 6.54 Å². The first-order valence-electron chi connectivity index (χ1n) is 11.2. The van der Waals surface area contributed by atoms with Gasteiger partial charge >= 0.3 is 0 Å². The maximum atomic E-state index is 13.3. The molecule has 0 radical (unpaired) electrons. The number of imidazole rings is 1. The molecule has 2 aromatic carbocycles. The zero-order valence-corrected chi connectivity index (χ0v) is 18.3. The van der Waals surface area contributed by atoms with E-state index in [0.717, 1.165) is 37.1 Å². The van der Waals surface area contributed by atoms with Crippen molar-refractivity contribution in [2.24, 2.45) is 0 Å². The highest BCUT2D eigenvalue weighted by Crippen LogP contribution is 2.25. The average Bonchev–Trinajstić information content (AvgIpc) is 3.44. The standard InChI is InChI=1S/C27H27N3O2/c1-20-12-13-26-28-23(18-29(26)17-20)19-32-25-11-5-9-22(16-25)27(31)30-14-6-10-24(30)15-21-7-3-2-4-8-21/h2-5,7-9,11-13,16-18,24H,6,10,14-15,19H2,1H3. The number of fused-ring (bicyclic) bond motifs is 1. The summed E-state index contributed by atoms with van der Waals surface area (Å²) in [6.07, 6.45) is 7.02. The summed E-state index contributed by atoms with van der Waals surface area (Å²) in [6.45, 7) is 3.23. The molecule has 32 heavy (non-hydrogen) atoms. The number of hydrogen-bond donors (Lipinski definition) is 0. The van der Waals surface area contributed by atoms with Crippen LogP contribution in [0.1, 0.15) is 40.0 Å². The van der Waals surface area contributed by atoms with Gasteiger partial charge in [-0.25, -0.2) is 4.98 Å². The number of amides is 1. The van der Waals surface area contributed by atoms with E-state index in [0.29, 0.717) is 17.9 Å². The van der Waals surface area contributed by atoms with Crippen molar-refractivity contribution in [3.8, 4) is 5.75 Å². The lowest BCUT2D eigenvalue weighted by atomic mass is 10.0. The lowest BCUT2D eigenvalue weighted by Gasteiger charge is -2.25. The first-order valence-corrected chi connectivity index (χ1v) is 11.2. The SMILES string of the molecule is Cc1ccc2nc(COc3cccc(C(=O)N4CCCC4Cc4ccccc4)c3)cn2c1. The fourth-order valence-corrected chi connectivity index (χ4v) is 4.47. The summed E-state index contributed by atoms with van der Waals surface area (Å²) in [4.78, 5) is 19.9. The molecular formula is C27H27N3O2. The Balaban J connectivity index is 1.27. The normalized spacial score (nSPS) is 15.9. The third kappa shape index (κ3) is 4.37. The van der Waals surface area contributed by atoms with Crippen LogP contribution in [0.2, 0.25) is 0 Å². The highest BCUT2D eigenvalue weighted by molar-refractivity contribution is 5.95. The van der Waals surface area contributed by atoms with Gasteiger partial charge in [-0.15, -0.1) is 0 Å². The number of aromatic nitrogens is 2. The molecule has 4 aromatic rings. The van der Waals surface area contributed by atoms with Crippen LogP contribution >= 0.6 is 0 Å². The topological polar surface area (TPSA) is 46.8 Å². The Kier molecular flexibility index (Phi) is 5.63. The van der Waals surface area contributed by atoms with Gasteiger partial charge in [-0.1, -0.05) is 42.5 Å². The monoisotopic (exact) mass is 425 g/mol. The fourth-order valence-electron chi connectivity index (χ4n) is 4.47. The van der Waals surface area contributed by atoms with Crippen molar-refractivity contribution in [1.82, 2.24) is 14.3 Å². The lowest BCUT2D eigenvalue weighted by Crippen LogP contribution is -2.36. The van der Waals surface area contributed by atoms with E-state index in [1.807, 2.05) is 64.2 Å². The number of benzene rings is 2. The molecule has 0 spiro atoms. The number of pyridine rings is 1. The second-order valence-corrected chi connectivity index (χ2v) is 8.50. The maximum Gasteiger partial charge on any atom is 0.254 e. The van der Waals surface area contributed by atoms with Crippen LogP contribution in [0.3, 0.4) is 0 Å². The molecule has 1 unspecified atom stereocenters. The Hall–Kier alpha value is -3.60. The third-order valence-corrected chi connectivity index (χ3v) is 6.07. The van der Waals surface area contributed by atoms with E-state index in [1.54, 1.807) is 0 Å². The second kappa shape index (κ2) is 8.87. The maximum absolute atomic E-state index is 13.3. The van der Waals surface area contributed by atoms with Gasteiger partial charge in [-0.05, 0) is 61.6 Å². The van der Waals surface area contributed by atoms with Crippen LogP contribution in [-0.2, 0) is 13.0 Å². The molecule has 1 aliphatic heterocycles. The van der Waals surface area contributed by atoms with Crippen molar-refractivity contribution in [3.63, 3.8) is 0 Å². The number of carbonyl (C=O) groups is 1. The number of aryl methyl sites for hydroxylation is 1. The van der Waals surface area contributed by atoms with Gasteiger partial charge in [-0.2, -0.15) is 0 Å². The van der Waals surface area contributed by atoms with E-state index in [-0.39, 0.29) is 11.9 Å². The molecule has 3 heterocycles. The largest absolute Gasteiger partial charge is 0.487 e. The molecule has 0 bridgehead atoms. The smallest absolute Gasteiger partial charge is 0.254 e. The molecule has 1 amide bonds. The van der Waals surface area contributed by atoms with Crippen molar-refractivity contribution >= 4 is 11.6 Å². The predicted octanol–water partition coefficient (Wildman–Crippen LogP) is 5.07. The molecule has 5 heteroatoms. The van der Waals surface area contributed by atoms with Crippen LogP contribution in [0.25, 0.3) is 5.65 Å². The molecule has 0 saturated carbocycles. The van der Waals surface area contributed by atoms with Crippen molar-refractivity contribution in [2.45, 2.75) is 38.8 Å². The minimum atomic E-state index is 0.0806. The molecule has 1 atom stereocenters. The van der Waals surface area contributed by atoms with Crippen LogP contribution < -0.4 is 4.74 Å². The Bertz CT molecular complexity index is 1230. The van der Waals surface area contributed by atoms with Crippen LogP contribution in [0.5, 0.6) is 5.75 Å². The molecule has 5 nitrogen and oxygen atoms in total. The van der Waals surface area contributed by atoms with Gasteiger partial charge < -0.3 is 14.0 Å². The van der Waals surface area contributed by atoms with Crippen LogP contribution in [-0.4, -0.2) is 32.8 Å². The Morgan fingerprint density at radius 2 is 1.94 bits per heavy atom. The molecule has 1 fully saturated rings. The van der Waals surface area contributed by atoms with E-state index >= 15 is 0 Å². The van der Waals surface area contributed by atoms with Gasteiger partial charge in [0.15, 0.2) is 0 Å². The molecule has 0 N–H and O–H groups in total. The Morgan fingerprint density at radius 1 is 1.06 bits per heavy atom. The number of likely N-dealkylation sites (tertiary alicyclic amines) is 1. The molecule has 5 rings (SSSR count). The van der Waals surface area contributed by atoms with E-state index in [9.17, 15) is 4.79 Å². The second-order valence-electron chi connectivity index (χ2n) is 8.50. The summed E-state index contributed by atoms with van der Waals surface area (Å²) in [5.41, 5.74) is 4.89. The zero-order valence-electron chi connectivity index (χ0n) is 18.3. The summed E-state index contributed by atoms with van der Waals surface area (Å²) in [7, 11) is 0. The van der Waals surface area contributed by atoms with Gasteiger partial charge in [0, 0.05) is 30.5 Å². The van der Waals surface area contributed by atoms with E-state index in [4.69, 9.17) is 4.74 Å². The molecule has 2 aromatic heterocycles. The number of carbonyl (C=O) groups excluding carboxylic acids is 1. The number of hydrogen-bond acceptors (Lipinski definition) is 3. The van der Waals surface area contributed by atoms with Gasteiger partial charge in [0.05, 0.1) is 5.69 Å². The molecule has 162 valence electrons. The summed E-state index contributed by atoms with van der Waals surface area (Å²) in [6, 6.07) is 22.2. The molecule has 0 aliphatic carbocycles. The molecule has 1 saturated heterocycles. The Labute approximate surface area is 188 Å². The Morgan fingerprint density at radius 3 is 2.81 bits per heavy atom. The van der Waals surface area contributed by atoms with E-state index < -0.39 is 0 Å². The molecule has 1 aliphatic rings. The van der Waals surface area contributed by atoms with Crippen molar-refractivity contribution in [3.05, 3.63) is 102 Å². The van der Waals surface area contributed by atoms with Crippen LogP contribution in [0, 0.1) is 6.92 Å². The van der Waals surface area contributed by atoms with E-state index in [2.05, 4.69) is 36.2 Å².